The molecule has 4 nitrogen and oxygen atoms in total. The van der Waals surface area contributed by atoms with Crippen LogP contribution in [0.5, 0.6) is 0 Å². The van der Waals surface area contributed by atoms with Crippen LogP contribution in [0.15, 0.2) is 29.1 Å². The summed E-state index contributed by atoms with van der Waals surface area (Å²) in [6.45, 7) is 5.16. The van der Waals surface area contributed by atoms with Crippen molar-refractivity contribution in [1.29, 1.82) is 0 Å². The maximum absolute atomic E-state index is 13.0. The lowest BCUT2D eigenvalue weighted by atomic mass is 9.72. The molecule has 22 heavy (non-hydrogen) atoms. The maximum Gasteiger partial charge on any atom is 0.258 e. The minimum absolute atomic E-state index is 0.00435. The molecule has 116 valence electrons. The van der Waals surface area contributed by atoms with Crippen molar-refractivity contribution in [1.82, 2.24) is 9.55 Å². The highest BCUT2D eigenvalue weighted by atomic mass is 32.1. The fourth-order valence-electron chi connectivity index (χ4n) is 3.27. The number of nitrogens with one attached hydrogen (secondary N) is 1. The average Bonchev–Trinajstić information content (AvgIpc) is 2.45. The van der Waals surface area contributed by atoms with Gasteiger partial charge in [0.15, 0.2) is 4.77 Å². The number of methoxy groups -OCH3 is 1. The molecule has 1 aromatic carbocycles. The summed E-state index contributed by atoms with van der Waals surface area (Å²) in [5.41, 5.74) is 3.79. The third-order valence-corrected chi connectivity index (χ3v) is 4.62. The molecule has 0 bridgehead atoms. The second-order valence-electron chi connectivity index (χ2n) is 6.35. The molecule has 0 amide bonds. The SMILES string of the molecule is COCCn1c(=S)[nH]c2c(c1=O)C(C)(C)Cc1ccccc1-2. The Bertz CT molecular complexity index is 833. The molecule has 1 aliphatic carbocycles. The monoisotopic (exact) mass is 316 g/mol. The van der Waals surface area contributed by atoms with Gasteiger partial charge in [-0.05, 0) is 24.2 Å². The summed E-state index contributed by atoms with van der Waals surface area (Å²) < 4.78 is 7.14. The highest BCUT2D eigenvalue weighted by Crippen LogP contribution is 2.39. The van der Waals surface area contributed by atoms with E-state index in [1.807, 2.05) is 18.2 Å². The van der Waals surface area contributed by atoms with E-state index in [1.165, 1.54) is 5.56 Å². The van der Waals surface area contributed by atoms with Gasteiger partial charge in [-0.3, -0.25) is 9.36 Å². The molecule has 0 saturated carbocycles. The van der Waals surface area contributed by atoms with Crippen molar-refractivity contribution in [3.8, 4) is 11.3 Å². The number of aromatic amines is 1. The van der Waals surface area contributed by atoms with Gasteiger partial charge in [0.05, 0.1) is 18.8 Å². The summed E-state index contributed by atoms with van der Waals surface area (Å²) in [4.78, 5) is 16.3. The topological polar surface area (TPSA) is 47.0 Å². The molecule has 1 aliphatic rings. The first-order chi connectivity index (χ1) is 10.5. The lowest BCUT2D eigenvalue weighted by molar-refractivity contribution is 0.185. The Kier molecular flexibility index (Phi) is 3.78. The average molecular weight is 316 g/mol. The predicted octanol–water partition coefficient (Wildman–Crippen LogP) is 3.05. The van der Waals surface area contributed by atoms with Crippen LogP contribution in [0.2, 0.25) is 0 Å². The van der Waals surface area contributed by atoms with Gasteiger partial charge in [0.25, 0.3) is 5.56 Å². The van der Waals surface area contributed by atoms with E-state index < -0.39 is 0 Å². The highest BCUT2D eigenvalue weighted by molar-refractivity contribution is 7.71. The minimum Gasteiger partial charge on any atom is -0.383 e. The van der Waals surface area contributed by atoms with Gasteiger partial charge >= 0.3 is 0 Å². The number of rotatable bonds is 3. The van der Waals surface area contributed by atoms with Crippen LogP contribution in [0.4, 0.5) is 0 Å². The van der Waals surface area contributed by atoms with E-state index in [0.29, 0.717) is 17.9 Å². The Hall–Kier alpha value is -1.72. The van der Waals surface area contributed by atoms with E-state index in [9.17, 15) is 4.79 Å². The summed E-state index contributed by atoms with van der Waals surface area (Å²) >= 11 is 5.39. The van der Waals surface area contributed by atoms with Crippen molar-refractivity contribution in [2.24, 2.45) is 0 Å². The van der Waals surface area contributed by atoms with Crippen LogP contribution in [0, 0.1) is 4.77 Å². The Labute approximate surface area is 134 Å². The molecule has 2 aromatic rings. The van der Waals surface area contributed by atoms with Crippen molar-refractivity contribution in [2.75, 3.05) is 13.7 Å². The lowest BCUT2D eigenvalue weighted by Gasteiger charge is -2.33. The third-order valence-electron chi connectivity index (χ3n) is 4.30. The normalized spacial score (nSPS) is 15.2. The van der Waals surface area contributed by atoms with Crippen molar-refractivity contribution in [3.05, 3.63) is 50.5 Å². The molecular formula is C17H20N2O2S. The van der Waals surface area contributed by atoms with Crippen molar-refractivity contribution < 1.29 is 4.74 Å². The fraction of sp³-hybridized carbons (Fsp3) is 0.412. The van der Waals surface area contributed by atoms with E-state index >= 15 is 0 Å². The summed E-state index contributed by atoms with van der Waals surface area (Å²) in [6.07, 6.45) is 0.848. The number of benzene rings is 1. The number of hydrogen-bond donors (Lipinski definition) is 1. The zero-order chi connectivity index (χ0) is 15.9. The summed E-state index contributed by atoms with van der Waals surface area (Å²) in [7, 11) is 1.62. The number of nitrogens with zero attached hydrogens (tertiary/aromatic N) is 1. The molecule has 1 N–H and O–H groups in total. The third kappa shape index (κ3) is 2.34. The molecule has 0 saturated heterocycles. The summed E-state index contributed by atoms with van der Waals surface area (Å²) in [6, 6.07) is 8.20. The van der Waals surface area contributed by atoms with Crippen LogP contribution < -0.4 is 5.56 Å². The predicted molar refractivity (Wildman–Crippen MR) is 89.9 cm³/mol. The molecule has 0 unspecified atom stereocenters. The molecule has 1 heterocycles. The minimum atomic E-state index is -0.227. The Morgan fingerprint density at radius 2 is 2.09 bits per heavy atom. The number of aromatic nitrogens is 2. The number of hydrogen-bond acceptors (Lipinski definition) is 3. The first kappa shape index (κ1) is 15.2. The van der Waals surface area contributed by atoms with Crippen LogP contribution >= 0.6 is 12.2 Å². The van der Waals surface area contributed by atoms with Gasteiger partial charge in [-0.15, -0.1) is 0 Å². The number of fused-ring (bicyclic) bond motifs is 3. The molecule has 5 heteroatoms. The largest absolute Gasteiger partial charge is 0.383 e. The van der Waals surface area contributed by atoms with E-state index in [4.69, 9.17) is 17.0 Å². The van der Waals surface area contributed by atoms with Crippen LogP contribution in [-0.2, 0) is 23.1 Å². The van der Waals surface area contributed by atoms with Gasteiger partial charge < -0.3 is 9.72 Å². The zero-order valence-electron chi connectivity index (χ0n) is 13.1. The van der Waals surface area contributed by atoms with Crippen LogP contribution in [-0.4, -0.2) is 23.3 Å². The van der Waals surface area contributed by atoms with Gasteiger partial charge in [-0.25, -0.2) is 0 Å². The molecule has 0 radical (unpaired) electrons. The Morgan fingerprint density at radius 1 is 1.36 bits per heavy atom. The van der Waals surface area contributed by atoms with Crippen LogP contribution in [0.3, 0.4) is 0 Å². The van der Waals surface area contributed by atoms with Crippen LogP contribution in [0.25, 0.3) is 11.3 Å². The molecule has 3 rings (SSSR count). The molecule has 1 aromatic heterocycles. The molecule has 0 atom stereocenters. The molecule has 0 fully saturated rings. The van der Waals surface area contributed by atoms with E-state index in [0.717, 1.165) is 23.2 Å². The highest BCUT2D eigenvalue weighted by Gasteiger charge is 2.34. The van der Waals surface area contributed by atoms with Gasteiger partial charge in [-0.1, -0.05) is 38.1 Å². The van der Waals surface area contributed by atoms with Gasteiger partial charge in [0.2, 0.25) is 0 Å². The number of ether oxygens (including phenoxy) is 1. The smallest absolute Gasteiger partial charge is 0.258 e. The lowest BCUT2D eigenvalue weighted by Crippen LogP contribution is -2.38. The van der Waals surface area contributed by atoms with E-state index in [-0.39, 0.29) is 11.0 Å². The summed E-state index contributed by atoms with van der Waals surface area (Å²) in [5, 5.41) is 0. The van der Waals surface area contributed by atoms with Crippen molar-refractivity contribution >= 4 is 12.2 Å². The van der Waals surface area contributed by atoms with E-state index in [1.54, 1.807) is 11.7 Å². The standard InChI is InChI=1S/C17H20N2O2S/c1-17(2)10-11-6-4-5-7-12(11)14-13(17)15(20)19(8-9-21-3)16(22)18-14/h4-7H,8-10H2,1-3H3,(H,18,22). The van der Waals surface area contributed by atoms with E-state index in [2.05, 4.69) is 24.9 Å². The second kappa shape index (κ2) is 5.48. The van der Waals surface area contributed by atoms with Crippen LogP contribution in [0.1, 0.15) is 25.0 Å². The molecular weight excluding hydrogens is 296 g/mol. The van der Waals surface area contributed by atoms with Crippen molar-refractivity contribution in [2.45, 2.75) is 32.2 Å². The Morgan fingerprint density at radius 3 is 2.82 bits per heavy atom. The fourth-order valence-corrected chi connectivity index (χ4v) is 3.55. The maximum atomic E-state index is 13.0. The molecule has 0 spiro atoms. The summed E-state index contributed by atoms with van der Waals surface area (Å²) in [5.74, 6) is 0. The zero-order valence-corrected chi connectivity index (χ0v) is 13.9. The quantitative estimate of drug-likeness (QED) is 0.885. The van der Waals surface area contributed by atoms with Gasteiger partial charge in [-0.2, -0.15) is 0 Å². The van der Waals surface area contributed by atoms with Gasteiger partial charge in [0, 0.05) is 23.7 Å². The first-order valence-electron chi connectivity index (χ1n) is 7.40. The molecule has 0 aliphatic heterocycles. The number of H-pyrrole nitrogens is 1. The Balaban J connectivity index is 2.31. The second-order valence-corrected chi connectivity index (χ2v) is 6.73. The van der Waals surface area contributed by atoms with Gasteiger partial charge in [0.1, 0.15) is 0 Å². The van der Waals surface area contributed by atoms with Crippen molar-refractivity contribution in [3.63, 3.8) is 0 Å². The first-order valence-corrected chi connectivity index (χ1v) is 7.81.